The van der Waals surface area contributed by atoms with Crippen LogP contribution >= 0.6 is 23.2 Å². The van der Waals surface area contributed by atoms with Crippen LogP contribution in [0.3, 0.4) is 0 Å². The van der Waals surface area contributed by atoms with Crippen molar-refractivity contribution >= 4 is 41.0 Å². The summed E-state index contributed by atoms with van der Waals surface area (Å²) in [6, 6.07) is 14.6. The first kappa shape index (κ1) is 13.9. The Hall–Kier alpha value is -2.03. The van der Waals surface area contributed by atoms with E-state index in [0.29, 0.717) is 21.4 Å². The standard InChI is InChI=1S/C17H10Cl2O2/c18-14-7-6-12(15(19)10-14)8-13-9-16(21-17(13)20)11-4-2-1-3-5-11/h1-10H/b13-8+. The first-order valence-corrected chi connectivity index (χ1v) is 7.05. The van der Waals surface area contributed by atoms with E-state index in [1.54, 1.807) is 30.4 Å². The van der Waals surface area contributed by atoms with Crippen molar-refractivity contribution in [3.8, 4) is 0 Å². The summed E-state index contributed by atoms with van der Waals surface area (Å²) in [5, 5.41) is 1.04. The van der Waals surface area contributed by atoms with Gasteiger partial charge in [-0.3, -0.25) is 0 Å². The van der Waals surface area contributed by atoms with E-state index in [2.05, 4.69) is 0 Å². The van der Waals surface area contributed by atoms with E-state index in [9.17, 15) is 4.79 Å². The molecule has 0 aliphatic carbocycles. The van der Waals surface area contributed by atoms with Gasteiger partial charge in [-0.25, -0.2) is 4.79 Å². The predicted octanol–water partition coefficient (Wildman–Crippen LogP) is 4.97. The number of ether oxygens (including phenoxy) is 1. The highest BCUT2D eigenvalue weighted by atomic mass is 35.5. The van der Waals surface area contributed by atoms with Crippen LogP contribution in [0, 0.1) is 0 Å². The minimum atomic E-state index is -0.389. The van der Waals surface area contributed by atoms with Crippen LogP contribution in [0.4, 0.5) is 0 Å². The molecule has 4 heteroatoms. The number of hydrogen-bond donors (Lipinski definition) is 0. The maximum Gasteiger partial charge on any atom is 0.343 e. The van der Waals surface area contributed by atoms with E-state index in [1.807, 2.05) is 30.3 Å². The number of hydrogen-bond acceptors (Lipinski definition) is 2. The Labute approximate surface area is 132 Å². The summed E-state index contributed by atoms with van der Waals surface area (Å²) in [6.45, 7) is 0. The molecule has 0 amide bonds. The van der Waals surface area contributed by atoms with Crippen molar-refractivity contribution in [1.29, 1.82) is 0 Å². The van der Waals surface area contributed by atoms with Crippen LogP contribution in [0.15, 0.2) is 60.2 Å². The highest BCUT2D eigenvalue weighted by Crippen LogP contribution is 2.29. The quantitative estimate of drug-likeness (QED) is 0.577. The zero-order valence-electron chi connectivity index (χ0n) is 10.8. The summed E-state index contributed by atoms with van der Waals surface area (Å²) in [7, 11) is 0. The van der Waals surface area contributed by atoms with E-state index >= 15 is 0 Å². The molecule has 2 nitrogen and oxygen atoms in total. The molecular formula is C17H10Cl2O2. The molecule has 0 atom stereocenters. The van der Waals surface area contributed by atoms with E-state index in [1.165, 1.54) is 0 Å². The third-order valence-electron chi connectivity index (χ3n) is 3.06. The maximum absolute atomic E-state index is 11.9. The monoisotopic (exact) mass is 316 g/mol. The third-order valence-corrected chi connectivity index (χ3v) is 3.62. The van der Waals surface area contributed by atoms with Gasteiger partial charge in [0, 0.05) is 15.6 Å². The molecule has 1 aliphatic rings. The SMILES string of the molecule is O=C1OC(c2ccccc2)=C/C1=C\c1ccc(Cl)cc1Cl. The Kier molecular flexibility index (Phi) is 3.82. The highest BCUT2D eigenvalue weighted by Gasteiger charge is 2.22. The average Bonchev–Trinajstić information content (AvgIpc) is 2.84. The van der Waals surface area contributed by atoms with Crippen LogP contribution in [0.25, 0.3) is 11.8 Å². The summed E-state index contributed by atoms with van der Waals surface area (Å²) in [6.07, 6.45) is 3.40. The molecule has 0 N–H and O–H groups in total. The Bertz CT molecular complexity index is 762. The first-order chi connectivity index (χ1) is 10.1. The smallest absolute Gasteiger partial charge is 0.343 e. The molecule has 2 aromatic carbocycles. The number of rotatable bonds is 2. The summed E-state index contributed by atoms with van der Waals surface area (Å²) >= 11 is 12.0. The zero-order chi connectivity index (χ0) is 14.8. The number of esters is 1. The topological polar surface area (TPSA) is 26.3 Å². The lowest BCUT2D eigenvalue weighted by Crippen LogP contribution is -1.97. The molecule has 0 saturated carbocycles. The van der Waals surface area contributed by atoms with Crippen molar-refractivity contribution < 1.29 is 9.53 Å². The van der Waals surface area contributed by atoms with Gasteiger partial charge in [-0.2, -0.15) is 0 Å². The van der Waals surface area contributed by atoms with Crippen molar-refractivity contribution in [2.45, 2.75) is 0 Å². The van der Waals surface area contributed by atoms with Gasteiger partial charge in [0.25, 0.3) is 0 Å². The fraction of sp³-hybridized carbons (Fsp3) is 0. The highest BCUT2D eigenvalue weighted by molar-refractivity contribution is 6.35. The molecule has 0 saturated heterocycles. The molecule has 21 heavy (non-hydrogen) atoms. The molecule has 0 bridgehead atoms. The van der Waals surface area contributed by atoms with E-state index in [0.717, 1.165) is 11.1 Å². The third kappa shape index (κ3) is 3.02. The summed E-state index contributed by atoms with van der Waals surface area (Å²) in [5.74, 6) is 0.150. The lowest BCUT2D eigenvalue weighted by molar-refractivity contribution is -0.130. The Morgan fingerprint density at radius 2 is 1.76 bits per heavy atom. The molecule has 0 radical (unpaired) electrons. The molecule has 3 rings (SSSR count). The normalized spacial score (nSPS) is 16.0. The molecule has 104 valence electrons. The zero-order valence-corrected chi connectivity index (χ0v) is 12.4. The molecule has 1 heterocycles. The summed E-state index contributed by atoms with van der Waals surface area (Å²) in [4.78, 5) is 11.9. The predicted molar refractivity (Wildman–Crippen MR) is 85.0 cm³/mol. The van der Waals surface area contributed by atoms with Gasteiger partial charge in [-0.05, 0) is 29.8 Å². The molecule has 0 aromatic heterocycles. The number of cyclic esters (lactones) is 1. The molecular weight excluding hydrogens is 307 g/mol. The lowest BCUT2D eigenvalue weighted by atomic mass is 10.1. The maximum atomic E-state index is 11.9. The number of carbonyl (C=O) groups is 1. The van der Waals surface area contributed by atoms with Gasteiger partial charge in [0.15, 0.2) is 0 Å². The fourth-order valence-corrected chi connectivity index (χ4v) is 2.48. The van der Waals surface area contributed by atoms with Gasteiger partial charge >= 0.3 is 5.97 Å². The Morgan fingerprint density at radius 3 is 2.48 bits per heavy atom. The molecule has 1 aliphatic heterocycles. The number of halogens is 2. The van der Waals surface area contributed by atoms with Crippen molar-refractivity contribution in [3.63, 3.8) is 0 Å². The van der Waals surface area contributed by atoms with Crippen molar-refractivity contribution in [2.75, 3.05) is 0 Å². The van der Waals surface area contributed by atoms with Gasteiger partial charge in [-0.1, -0.05) is 59.6 Å². The van der Waals surface area contributed by atoms with Gasteiger partial charge in [0.1, 0.15) is 5.76 Å². The summed E-state index contributed by atoms with van der Waals surface area (Å²) < 4.78 is 5.28. The average molecular weight is 317 g/mol. The molecule has 0 unspecified atom stereocenters. The first-order valence-electron chi connectivity index (χ1n) is 6.29. The minimum absolute atomic E-state index is 0.389. The number of benzene rings is 2. The van der Waals surface area contributed by atoms with Gasteiger partial charge in [-0.15, -0.1) is 0 Å². The molecule has 0 fully saturated rings. The van der Waals surface area contributed by atoms with Crippen molar-refractivity contribution in [3.05, 3.63) is 81.4 Å². The summed E-state index contributed by atoms with van der Waals surface area (Å²) in [5.41, 5.74) is 2.04. The van der Waals surface area contributed by atoms with Gasteiger partial charge in [0.05, 0.1) is 5.57 Å². The number of carbonyl (C=O) groups excluding carboxylic acids is 1. The second-order valence-corrected chi connectivity index (χ2v) is 5.37. The van der Waals surface area contributed by atoms with Crippen LogP contribution in [-0.2, 0) is 9.53 Å². The second kappa shape index (κ2) is 5.76. The van der Waals surface area contributed by atoms with Gasteiger partial charge in [0.2, 0.25) is 0 Å². The molecule has 2 aromatic rings. The lowest BCUT2D eigenvalue weighted by Gasteiger charge is -2.00. The van der Waals surface area contributed by atoms with Crippen LogP contribution in [0.1, 0.15) is 11.1 Å². The van der Waals surface area contributed by atoms with Crippen LogP contribution in [0.2, 0.25) is 10.0 Å². The van der Waals surface area contributed by atoms with E-state index in [-0.39, 0.29) is 5.97 Å². The minimum Gasteiger partial charge on any atom is -0.422 e. The van der Waals surface area contributed by atoms with Crippen LogP contribution in [0.5, 0.6) is 0 Å². The Morgan fingerprint density at radius 1 is 1.00 bits per heavy atom. The largest absolute Gasteiger partial charge is 0.422 e. The Balaban J connectivity index is 1.97. The van der Waals surface area contributed by atoms with E-state index < -0.39 is 0 Å². The van der Waals surface area contributed by atoms with Crippen LogP contribution < -0.4 is 0 Å². The van der Waals surface area contributed by atoms with Crippen molar-refractivity contribution in [2.24, 2.45) is 0 Å². The second-order valence-electron chi connectivity index (χ2n) is 4.53. The van der Waals surface area contributed by atoms with E-state index in [4.69, 9.17) is 27.9 Å². The fourth-order valence-electron chi connectivity index (χ4n) is 2.02. The van der Waals surface area contributed by atoms with Crippen molar-refractivity contribution in [1.82, 2.24) is 0 Å². The van der Waals surface area contributed by atoms with Crippen LogP contribution in [-0.4, -0.2) is 5.97 Å². The van der Waals surface area contributed by atoms with Gasteiger partial charge < -0.3 is 4.74 Å². The molecule has 0 spiro atoms.